The zero-order valence-corrected chi connectivity index (χ0v) is 16.5. The van der Waals surface area contributed by atoms with Crippen LogP contribution in [0.1, 0.15) is 6.92 Å². The molecule has 6 nitrogen and oxygen atoms in total. The molecule has 2 N–H and O–H groups in total. The number of hydrogen-bond acceptors (Lipinski definition) is 5. The molecular formula is C19H14ClF2N3O3S. The van der Waals surface area contributed by atoms with Crippen LogP contribution in [0.25, 0.3) is 11.3 Å². The Hall–Kier alpha value is -3.04. The molecule has 0 aliphatic heterocycles. The van der Waals surface area contributed by atoms with E-state index in [9.17, 15) is 18.4 Å². The van der Waals surface area contributed by atoms with Gasteiger partial charge in [0.2, 0.25) is 5.91 Å². The molecule has 2 aromatic carbocycles. The zero-order valence-electron chi connectivity index (χ0n) is 15.0. The fourth-order valence-electron chi connectivity index (χ4n) is 2.33. The third-order valence-electron chi connectivity index (χ3n) is 3.58. The molecular weight excluding hydrogens is 424 g/mol. The molecule has 0 aliphatic rings. The number of anilines is 2. The van der Waals surface area contributed by atoms with Crippen molar-refractivity contribution >= 4 is 45.6 Å². The third kappa shape index (κ3) is 5.49. The van der Waals surface area contributed by atoms with Gasteiger partial charge in [0.25, 0.3) is 5.91 Å². The van der Waals surface area contributed by atoms with Gasteiger partial charge in [0, 0.05) is 29.6 Å². The summed E-state index contributed by atoms with van der Waals surface area (Å²) in [6, 6.07) is 7.98. The number of halogens is 3. The molecule has 1 aromatic heterocycles. The summed E-state index contributed by atoms with van der Waals surface area (Å²) in [7, 11) is 0. The van der Waals surface area contributed by atoms with Crippen molar-refractivity contribution < 1.29 is 23.1 Å². The second-order valence-corrected chi connectivity index (χ2v) is 7.09. The quantitative estimate of drug-likeness (QED) is 0.585. The van der Waals surface area contributed by atoms with Crippen LogP contribution in [-0.4, -0.2) is 23.4 Å². The van der Waals surface area contributed by atoms with Crippen molar-refractivity contribution in [2.24, 2.45) is 0 Å². The first kappa shape index (κ1) is 20.7. The first-order chi connectivity index (χ1) is 13.8. The van der Waals surface area contributed by atoms with Crippen molar-refractivity contribution in [3.8, 4) is 17.0 Å². The van der Waals surface area contributed by atoms with Crippen molar-refractivity contribution in [2.75, 3.05) is 17.2 Å². The van der Waals surface area contributed by atoms with E-state index in [-0.39, 0.29) is 34.0 Å². The minimum Gasteiger partial charge on any atom is -0.484 e. The summed E-state index contributed by atoms with van der Waals surface area (Å²) in [5.41, 5.74) is 0.900. The molecule has 29 heavy (non-hydrogen) atoms. The maximum atomic E-state index is 14.3. The van der Waals surface area contributed by atoms with Crippen molar-refractivity contribution in [3.63, 3.8) is 0 Å². The molecule has 3 aromatic rings. The Morgan fingerprint density at radius 1 is 1.14 bits per heavy atom. The molecule has 1 heterocycles. The summed E-state index contributed by atoms with van der Waals surface area (Å²) in [4.78, 5) is 27.2. The molecule has 0 atom stereocenters. The van der Waals surface area contributed by atoms with Crippen LogP contribution in [-0.2, 0) is 9.59 Å². The molecule has 0 aliphatic carbocycles. The number of carbonyl (C=O) groups is 2. The van der Waals surface area contributed by atoms with Crippen LogP contribution in [0.5, 0.6) is 5.75 Å². The van der Waals surface area contributed by atoms with Gasteiger partial charge in [0.15, 0.2) is 11.7 Å². The molecule has 3 rings (SSSR count). The van der Waals surface area contributed by atoms with Crippen LogP contribution in [0.15, 0.2) is 41.8 Å². The molecule has 0 spiro atoms. The highest BCUT2D eigenvalue weighted by atomic mass is 35.5. The SMILES string of the molecule is CC(=O)Nc1ccc(-c2csc(NC(=O)COc3ccc(F)c(Cl)c3)n2)c(F)c1. The Balaban J connectivity index is 1.61. The van der Waals surface area contributed by atoms with Gasteiger partial charge < -0.3 is 10.1 Å². The lowest BCUT2D eigenvalue weighted by atomic mass is 10.1. The van der Waals surface area contributed by atoms with E-state index in [1.807, 2.05) is 0 Å². The number of rotatable bonds is 6. The molecule has 150 valence electrons. The van der Waals surface area contributed by atoms with Crippen LogP contribution < -0.4 is 15.4 Å². The summed E-state index contributed by atoms with van der Waals surface area (Å²) in [6.45, 7) is 0.992. The maximum absolute atomic E-state index is 14.3. The fourth-order valence-corrected chi connectivity index (χ4v) is 3.23. The number of carbonyl (C=O) groups excluding carboxylic acids is 2. The molecule has 0 fully saturated rings. The van der Waals surface area contributed by atoms with Gasteiger partial charge in [-0.1, -0.05) is 11.6 Å². The number of ether oxygens (including phenoxy) is 1. The lowest BCUT2D eigenvalue weighted by Gasteiger charge is -2.06. The summed E-state index contributed by atoms with van der Waals surface area (Å²) in [5, 5.41) is 6.77. The van der Waals surface area contributed by atoms with E-state index in [1.54, 1.807) is 11.4 Å². The Bertz CT molecular complexity index is 1070. The van der Waals surface area contributed by atoms with Gasteiger partial charge >= 0.3 is 0 Å². The largest absolute Gasteiger partial charge is 0.484 e. The van der Waals surface area contributed by atoms with Gasteiger partial charge in [0.05, 0.1) is 10.7 Å². The van der Waals surface area contributed by atoms with Gasteiger partial charge in [-0.25, -0.2) is 13.8 Å². The van der Waals surface area contributed by atoms with Crippen LogP contribution in [0.2, 0.25) is 5.02 Å². The van der Waals surface area contributed by atoms with Crippen molar-refractivity contribution in [3.05, 3.63) is 58.4 Å². The van der Waals surface area contributed by atoms with Gasteiger partial charge in [-0.2, -0.15) is 0 Å². The minimum atomic E-state index is -0.587. The number of thiazole rings is 1. The number of nitrogens with one attached hydrogen (secondary N) is 2. The number of hydrogen-bond donors (Lipinski definition) is 2. The average molecular weight is 438 g/mol. The summed E-state index contributed by atoms with van der Waals surface area (Å²) >= 11 is 6.77. The second kappa shape index (κ2) is 8.97. The molecule has 0 radical (unpaired) electrons. The normalized spacial score (nSPS) is 10.5. The second-order valence-electron chi connectivity index (χ2n) is 5.83. The van der Waals surface area contributed by atoms with E-state index in [0.29, 0.717) is 11.4 Å². The predicted octanol–water partition coefficient (Wildman–Crippen LogP) is 4.72. The van der Waals surface area contributed by atoms with Gasteiger partial charge in [0.1, 0.15) is 17.4 Å². The molecule has 0 saturated carbocycles. The monoisotopic (exact) mass is 437 g/mol. The standard InChI is InChI=1S/C19H14ClF2N3O3S/c1-10(26)23-11-2-4-13(16(22)6-11)17-9-29-19(24-17)25-18(27)8-28-12-3-5-15(21)14(20)7-12/h2-7,9H,8H2,1H3,(H,23,26)(H,24,25,27). The Morgan fingerprint density at radius 2 is 1.93 bits per heavy atom. The molecule has 10 heteroatoms. The van der Waals surface area contributed by atoms with Crippen LogP contribution in [0.4, 0.5) is 19.6 Å². The van der Waals surface area contributed by atoms with Crippen LogP contribution >= 0.6 is 22.9 Å². The highest BCUT2D eigenvalue weighted by Crippen LogP contribution is 2.28. The number of aromatic nitrogens is 1. The van der Waals surface area contributed by atoms with Gasteiger partial charge in [-0.05, 0) is 30.3 Å². The number of nitrogens with zero attached hydrogens (tertiary/aromatic N) is 1. The summed E-state index contributed by atoms with van der Waals surface area (Å²) in [6.07, 6.45) is 0. The Labute approximate surface area is 173 Å². The van der Waals surface area contributed by atoms with Gasteiger partial charge in [-0.15, -0.1) is 11.3 Å². The molecule has 0 bridgehead atoms. The van der Waals surface area contributed by atoms with E-state index >= 15 is 0 Å². The average Bonchev–Trinajstić information content (AvgIpc) is 3.10. The minimum absolute atomic E-state index is 0.112. The first-order valence-corrected chi connectivity index (χ1v) is 9.48. The topological polar surface area (TPSA) is 80.3 Å². The fraction of sp³-hybridized carbons (Fsp3) is 0.105. The van der Waals surface area contributed by atoms with E-state index in [2.05, 4.69) is 15.6 Å². The smallest absolute Gasteiger partial charge is 0.264 e. The first-order valence-electron chi connectivity index (χ1n) is 8.22. The summed E-state index contributed by atoms with van der Waals surface area (Å²) in [5.74, 6) is -1.70. The van der Waals surface area contributed by atoms with Crippen LogP contribution in [0, 0.1) is 11.6 Å². The summed E-state index contributed by atoms with van der Waals surface area (Å²) < 4.78 is 32.7. The number of benzene rings is 2. The molecule has 0 unspecified atom stereocenters. The lowest BCUT2D eigenvalue weighted by molar-refractivity contribution is -0.118. The molecule has 2 amide bonds. The highest BCUT2D eigenvalue weighted by molar-refractivity contribution is 7.14. The lowest BCUT2D eigenvalue weighted by Crippen LogP contribution is -2.20. The zero-order chi connectivity index (χ0) is 21.0. The predicted molar refractivity (Wildman–Crippen MR) is 107 cm³/mol. The Morgan fingerprint density at radius 3 is 2.62 bits per heavy atom. The van der Waals surface area contributed by atoms with E-state index in [1.165, 1.54) is 31.2 Å². The maximum Gasteiger partial charge on any atom is 0.264 e. The van der Waals surface area contributed by atoms with E-state index in [4.69, 9.17) is 16.3 Å². The van der Waals surface area contributed by atoms with E-state index < -0.39 is 17.5 Å². The van der Waals surface area contributed by atoms with Crippen LogP contribution in [0.3, 0.4) is 0 Å². The molecule has 0 saturated heterocycles. The van der Waals surface area contributed by atoms with Crippen molar-refractivity contribution in [2.45, 2.75) is 6.92 Å². The Kier molecular flexibility index (Phi) is 6.40. The van der Waals surface area contributed by atoms with Crippen molar-refractivity contribution in [1.82, 2.24) is 4.98 Å². The highest BCUT2D eigenvalue weighted by Gasteiger charge is 2.13. The number of amides is 2. The van der Waals surface area contributed by atoms with Crippen molar-refractivity contribution in [1.29, 1.82) is 0 Å². The van der Waals surface area contributed by atoms with Gasteiger partial charge in [-0.3, -0.25) is 14.9 Å². The third-order valence-corrected chi connectivity index (χ3v) is 4.62. The van der Waals surface area contributed by atoms with E-state index in [0.717, 1.165) is 17.4 Å².